The first-order valence-corrected chi connectivity index (χ1v) is 12.2. The largest absolute Gasteiger partial charge is 0.497 e. The Bertz CT molecular complexity index is 1270. The van der Waals surface area contributed by atoms with Crippen molar-refractivity contribution in [2.75, 3.05) is 37.0 Å². The number of methoxy groups -OCH3 is 1. The van der Waals surface area contributed by atoms with E-state index in [2.05, 4.69) is 10.4 Å². The second-order valence-corrected chi connectivity index (χ2v) is 8.53. The third-order valence-electron chi connectivity index (χ3n) is 6.12. The number of carboxylic acids is 1. The first kappa shape index (κ1) is 25.7. The van der Waals surface area contributed by atoms with Crippen molar-refractivity contribution < 1.29 is 29.0 Å². The molecule has 10 nitrogen and oxygen atoms in total. The number of amides is 1. The predicted octanol–water partition coefficient (Wildman–Crippen LogP) is 3.93. The number of hydrogen-bond donors (Lipinski definition) is 2. The highest BCUT2D eigenvalue weighted by atomic mass is 16.5. The van der Waals surface area contributed by atoms with E-state index in [0.29, 0.717) is 48.7 Å². The van der Waals surface area contributed by atoms with Gasteiger partial charge in [-0.1, -0.05) is 0 Å². The van der Waals surface area contributed by atoms with Gasteiger partial charge in [-0.3, -0.25) is 9.59 Å². The highest BCUT2D eigenvalue weighted by Gasteiger charge is 2.36. The second-order valence-electron chi connectivity index (χ2n) is 8.53. The molecule has 1 aromatic heterocycles. The van der Waals surface area contributed by atoms with Crippen LogP contribution in [0.15, 0.2) is 48.5 Å². The molecule has 0 saturated heterocycles. The zero-order valence-electron chi connectivity index (χ0n) is 20.9. The van der Waals surface area contributed by atoms with E-state index in [1.165, 1.54) is 0 Å². The summed E-state index contributed by atoms with van der Waals surface area (Å²) in [5.41, 5.74) is 3.22. The van der Waals surface area contributed by atoms with Crippen molar-refractivity contribution in [2.24, 2.45) is 0 Å². The minimum absolute atomic E-state index is 0.00187. The summed E-state index contributed by atoms with van der Waals surface area (Å²) in [6.45, 7) is 2.97. The number of rotatable bonds is 11. The van der Waals surface area contributed by atoms with Crippen LogP contribution in [0, 0.1) is 0 Å². The van der Waals surface area contributed by atoms with Crippen LogP contribution in [0.3, 0.4) is 0 Å². The summed E-state index contributed by atoms with van der Waals surface area (Å²) >= 11 is 0. The average Bonchev–Trinajstić information content (AvgIpc) is 3.30. The van der Waals surface area contributed by atoms with Gasteiger partial charge in [0.1, 0.15) is 5.75 Å². The molecule has 4 rings (SSSR count). The molecular weight excluding hydrogens is 476 g/mol. The lowest BCUT2D eigenvalue weighted by Crippen LogP contribution is -2.38. The van der Waals surface area contributed by atoms with Gasteiger partial charge in [-0.25, -0.2) is 9.48 Å². The first-order valence-electron chi connectivity index (χ1n) is 12.2. The number of carbonyl (C=O) groups is 3. The van der Waals surface area contributed by atoms with Crippen LogP contribution in [0.1, 0.15) is 52.7 Å². The molecule has 0 atom stereocenters. The quantitative estimate of drug-likeness (QED) is 0.296. The summed E-state index contributed by atoms with van der Waals surface area (Å²) in [6.07, 6.45) is 2.01. The lowest BCUT2D eigenvalue weighted by atomic mass is 10.0. The van der Waals surface area contributed by atoms with E-state index in [0.717, 1.165) is 12.1 Å². The van der Waals surface area contributed by atoms with Crippen LogP contribution in [0.4, 0.5) is 11.4 Å². The number of esters is 1. The standard InChI is InChI=1S/C27H30N4O6/c1-3-37-27(35)25-24-22(31(29-25)20-11-13-21(36-2)14-12-20)15-17-30(26(24)34)19-9-7-18(8-10-19)28-16-5-4-6-23(32)33/h7-14,28H,3-6,15-17H2,1-2H3,(H,32,33). The lowest BCUT2D eigenvalue weighted by molar-refractivity contribution is -0.137. The van der Waals surface area contributed by atoms with E-state index < -0.39 is 11.9 Å². The molecule has 37 heavy (non-hydrogen) atoms. The fraction of sp³-hybridized carbons (Fsp3) is 0.333. The molecule has 0 aliphatic carbocycles. The van der Waals surface area contributed by atoms with Gasteiger partial charge in [0.15, 0.2) is 5.69 Å². The molecule has 1 aliphatic heterocycles. The Kier molecular flexibility index (Phi) is 8.07. The summed E-state index contributed by atoms with van der Waals surface area (Å²) < 4.78 is 12.1. The molecule has 0 saturated carbocycles. The van der Waals surface area contributed by atoms with Crippen molar-refractivity contribution in [3.05, 3.63) is 65.5 Å². The lowest BCUT2D eigenvalue weighted by Gasteiger charge is -2.28. The summed E-state index contributed by atoms with van der Waals surface area (Å²) in [5.74, 6) is -1.04. The molecule has 2 N–H and O–H groups in total. The van der Waals surface area contributed by atoms with Crippen LogP contribution in [0.25, 0.3) is 5.69 Å². The maximum Gasteiger partial charge on any atom is 0.359 e. The number of unbranched alkanes of at least 4 members (excludes halogenated alkanes) is 1. The molecule has 0 unspecified atom stereocenters. The minimum Gasteiger partial charge on any atom is -0.497 e. The van der Waals surface area contributed by atoms with E-state index in [4.69, 9.17) is 14.6 Å². The van der Waals surface area contributed by atoms with E-state index >= 15 is 0 Å². The maximum absolute atomic E-state index is 13.7. The SMILES string of the molecule is CCOC(=O)c1nn(-c2ccc(OC)cc2)c2c1C(=O)N(c1ccc(NCCCCC(=O)O)cc1)CC2. The monoisotopic (exact) mass is 506 g/mol. The van der Waals surface area contributed by atoms with Crippen LogP contribution < -0.4 is 15.0 Å². The topological polar surface area (TPSA) is 123 Å². The van der Waals surface area contributed by atoms with Crippen molar-refractivity contribution >= 4 is 29.2 Å². The number of aliphatic carboxylic acids is 1. The molecule has 0 fully saturated rings. The summed E-state index contributed by atoms with van der Waals surface area (Å²) in [5, 5.41) is 16.5. The molecular formula is C27H30N4O6. The van der Waals surface area contributed by atoms with Gasteiger partial charge in [-0.2, -0.15) is 5.10 Å². The highest BCUT2D eigenvalue weighted by Crippen LogP contribution is 2.30. The zero-order valence-corrected chi connectivity index (χ0v) is 20.9. The van der Waals surface area contributed by atoms with E-state index in [-0.39, 0.29) is 30.2 Å². The van der Waals surface area contributed by atoms with Crippen molar-refractivity contribution in [3.8, 4) is 11.4 Å². The van der Waals surface area contributed by atoms with Crippen LogP contribution in [-0.4, -0.2) is 59.5 Å². The Morgan fingerprint density at radius 2 is 1.76 bits per heavy atom. The van der Waals surface area contributed by atoms with Gasteiger partial charge < -0.3 is 24.8 Å². The smallest absolute Gasteiger partial charge is 0.359 e. The van der Waals surface area contributed by atoms with Gasteiger partial charge in [0.05, 0.1) is 30.7 Å². The Morgan fingerprint density at radius 1 is 1.05 bits per heavy atom. The fourth-order valence-electron chi connectivity index (χ4n) is 4.28. The van der Waals surface area contributed by atoms with Crippen molar-refractivity contribution in [1.29, 1.82) is 0 Å². The number of fused-ring (bicyclic) bond motifs is 1. The number of carboxylic acid groups (broad SMARTS) is 1. The molecule has 2 aromatic carbocycles. The van der Waals surface area contributed by atoms with Crippen LogP contribution in [-0.2, 0) is 16.0 Å². The Balaban J connectivity index is 1.56. The average molecular weight is 507 g/mol. The van der Waals surface area contributed by atoms with E-state index in [1.807, 2.05) is 36.4 Å². The number of aromatic nitrogens is 2. The number of anilines is 2. The summed E-state index contributed by atoms with van der Waals surface area (Å²) in [6, 6.07) is 14.7. The van der Waals surface area contributed by atoms with E-state index in [9.17, 15) is 14.4 Å². The summed E-state index contributed by atoms with van der Waals surface area (Å²) in [7, 11) is 1.59. The molecule has 10 heteroatoms. The third kappa shape index (κ3) is 5.74. The molecule has 0 radical (unpaired) electrons. The zero-order chi connectivity index (χ0) is 26.4. The second kappa shape index (κ2) is 11.6. The molecule has 1 amide bonds. The van der Waals surface area contributed by atoms with Crippen molar-refractivity contribution in [3.63, 3.8) is 0 Å². The van der Waals surface area contributed by atoms with Gasteiger partial charge in [0, 0.05) is 37.3 Å². The van der Waals surface area contributed by atoms with Crippen LogP contribution in [0.2, 0.25) is 0 Å². The fourth-order valence-corrected chi connectivity index (χ4v) is 4.28. The number of benzene rings is 2. The third-order valence-corrected chi connectivity index (χ3v) is 6.12. The molecule has 1 aliphatic rings. The summed E-state index contributed by atoms with van der Waals surface area (Å²) in [4.78, 5) is 38.7. The molecule has 2 heterocycles. The number of carbonyl (C=O) groups excluding carboxylic acids is 2. The Morgan fingerprint density at radius 3 is 2.41 bits per heavy atom. The molecule has 3 aromatic rings. The first-order chi connectivity index (χ1) is 17.9. The van der Waals surface area contributed by atoms with Crippen LogP contribution in [0.5, 0.6) is 5.75 Å². The maximum atomic E-state index is 13.7. The number of nitrogens with one attached hydrogen (secondary N) is 1. The molecule has 194 valence electrons. The number of nitrogens with zero attached hydrogens (tertiary/aromatic N) is 3. The predicted molar refractivity (Wildman–Crippen MR) is 138 cm³/mol. The van der Waals surface area contributed by atoms with E-state index in [1.54, 1.807) is 35.7 Å². The van der Waals surface area contributed by atoms with Gasteiger partial charge in [-0.05, 0) is 68.3 Å². The molecule has 0 bridgehead atoms. The normalized spacial score (nSPS) is 12.7. The van der Waals surface area contributed by atoms with Crippen molar-refractivity contribution in [2.45, 2.75) is 32.6 Å². The Labute approximate surface area is 214 Å². The van der Waals surface area contributed by atoms with Gasteiger partial charge >= 0.3 is 11.9 Å². The van der Waals surface area contributed by atoms with Crippen molar-refractivity contribution in [1.82, 2.24) is 9.78 Å². The molecule has 0 spiro atoms. The van der Waals surface area contributed by atoms with Gasteiger partial charge in [0.2, 0.25) is 0 Å². The number of ether oxygens (including phenoxy) is 2. The highest BCUT2D eigenvalue weighted by molar-refractivity contribution is 6.13. The Hall–Kier alpha value is -4.34. The number of hydrogen-bond acceptors (Lipinski definition) is 7. The van der Waals surface area contributed by atoms with Crippen LogP contribution >= 0.6 is 0 Å². The van der Waals surface area contributed by atoms with Gasteiger partial charge in [0.25, 0.3) is 5.91 Å². The van der Waals surface area contributed by atoms with Gasteiger partial charge in [-0.15, -0.1) is 0 Å². The minimum atomic E-state index is -0.792.